The molecule has 1 heterocycles. The van der Waals surface area contributed by atoms with Gasteiger partial charge in [-0.2, -0.15) is 8.78 Å². The Balaban J connectivity index is 1.79. The Bertz CT molecular complexity index is 380. The maximum absolute atomic E-state index is 12.0. The minimum Gasteiger partial charge on any atom is -0.435 e. The van der Waals surface area contributed by atoms with Gasteiger partial charge in [0.15, 0.2) is 0 Å². The van der Waals surface area contributed by atoms with E-state index in [0.717, 1.165) is 12.8 Å². The van der Waals surface area contributed by atoms with Crippen molar-refractivity contribution in [3.05, 3.63) is 29.8 Å². The van der Waals surface area contributed by atoms with Crippen molar-refractivity contribution in [3.8, 4) is 5.75 Å². The summed E-state index contributed by atoms with van der Waals surface area (Å²) < 4.78 is 28.4. The van der Waals surface area contributed by atoms with Crippen LogP contribution in [0.25, 0.3) is 0 Å². The second-order valence-corrected chi connectivity index (χ2v) is 5.26. The average molecular weight is 269 g/mol. The van der Waals surface area contributed by atoms with Crippen molar-refractivity contribution in [1.82, 2.24) is 5.32 Å². The molecule has 4 heteroatoms. The monoisotopic (exact) mass is 269 g/mol. The van der Waals surface area contributed by atoms with Crippen LogP contribution in [0.5, 0.6) is 5.75 Å². The molecule has 2 atom stereocenters. The van der Waals surface area contributed by atoms with Crippen LogP contribution in [0.15, 0.2) is 24.3 Å². The van der Waals surface area contributed by atoms with Gasteiger partial charge in [0.25, 0.3) is 0 Å². The third kappa shape index (κ3) is 4.78. The van der Waals surface area contributed by atoms with Crippen LogP contribution in [0.3, 0.4) is 0 Å². The summed E-state index contributed by atoms with van der Waals surface area (Å²) in [6.07, 6.45) is 5.85. The lowest BCUT2D eigenvalue weighted by atomic mass is 9.95. The lowest BCUT2D eigenvalue weighted by molar-refractivity contribution is -0.0498. The highest BCUT2D eigenvalue weighted by molar-refractivity contribution is 5.27. The van der Waals surface area contributed by atoms with Gasteiger partial charge in [-0.1, -0.05) is 18.6 Å². The zero-order valence-corrected chi connectivity index (χ0v) is 11.2. The van der Waals surface area contributed by atoms with Crippen LogP contribution >= 0.6 is 0 Å². The Labute approximate surface area is 113 Å². The van der Waals surface area contributed by atoms with Crippen LogP contribution in [-0.4, -0.2) is 18.7 Å². The molecule has 0 aromatic heterocycles. The molecule has 0 spiro atoms. The third-order valence-electron chi connectivity index (χ3n) is 3.64. The predicted molar refractivity (Wildman–Crippen MR) is 71.6 cm³/mol. The zero-order valence-electron chi connectivity index (χ0n) is 11.2. The molecule has 0 radical (unpaired) electrons. The normalized spacial score (nSPS) is 23.6. The molecule has 0 bridgehead atoms. The quantitative estimate of drug-likeness (QED) is 0.879. The van der Waals surface area contributed by atoms with E-state index >= 15 is 0 Å². The highest BCUT2D eigenvalue weighted by Gasteiger charge is 2.17. The molecule has 1 N–H and O–H groups in total. The number of benzene rings is 1. The van der Waals surface area contributed by atoms with Crippen LogP contribution in [0.1, 0.15) is 38.2 Å². The van der Waals surface area contributed by atoms with Gasteiger partial charge < -0.3 is 10.1 Å². The first-order chi connectivity index (χ1) is 9.13. The van der Waals surface area contributed by atoms with Crippen LogP contribution in [0.4, 0.5) is 8.78 Å². The molecule has 1 aromatic rings. The van der Waals surface area contributed by atoms with E-state index in [0.29, 0.717) is 12.1 Å². The molecule has 1 saturated heterocycles. The molecule has 0 amide bonds. The maximum atomic E-state index is 12.0. The number of alkyl halides is 2. The van der Waals surface area contributed by atoms with E-state index in [1.807, 2.05) is 12.1 Å². The largest absolute Gasteiger partial charge is 0.435 e. The van der Waals surface area contributed by atoms with Gasteiger partial charge in [0.05, 0.1) is 0 Å². The van der Waals surface area contributed by atoms with Crippen LogP contribution in [0.2, 0.25) is 0 Å². The second-order valence-electron chi connectivity index (χ2n) is 5.26. The van der Waals surface area contributed by atoms with Crippen molar-refractivity contribution in [2.24, 2.45) is 0 Å². The van der Waals surface area contributed by atoms with Crippen molar-refractivity contribution >= 4 is 0 Å². The summed E-state index contributed by atoms with van der Waals surface area (Å²) in [6.45, 7) is -0.526. The Morgan fingerprint density at radius 3 is 2.63 bits per heavy atom. The van der Waals surface area contributed by atoms with Gasteiger partial charge in [0, 0.05) is 12.1 Å². The maximum Gasteiger partial charge on any atom is 0.387 e. The molecule has 2 nitrogen and oxygen atoms in total. The van der Waals surface area contributed by atoms with Crippen molar-refractivity contribution < 1.29 is 13.5 Å². The fraction of sp³-hybridized carbons (Fsp3) is 0.600. The molecular formula is C15H21F2NO. The van der Waals surface area contributed by atoms with Gasteiger partial charge in [-0.05, 0) is 50.3 Å². The van der Waals surface area contributed by atoms with E-state index in [-0.39, 0.29) is 5.75 Å². The molecule has 0 saturated carbocycles. The predicted octanol–water partition coefficient (Wildman–Crippen LogP) is 3.75. The summed E-state index contributed by atoms with van der Waals surface area (Å²) in [6, 6.07) is 8.14. The second kappa shape index (κ2) is 6.85. The van der Waals surface area contributed by atoms with Crippen molar-refractivity contribution in [1.29, 1.82) is 0 Å². The number of halogens is 2. The first kappa shape index (κ1) is 14.3. The highest BCUT2D eigenvalue weighted by Crippen LogP contribution is 2.19. The standard InChI is InChI=1S/C15H21F2NO/c1-11-3-2-4-13(18-11)8-5-12-6-9-14(10-7-12)19-15(16)17/h6-7,9-11,13,15,18H,2-5,8H2,1H3. The Kier molecular flexibility index (Phi) is 5.14. The summed E-state index contributed by atoms with van der Waals surface area (Å²) in [5.41, 5.74) is 1.17. The van der Waals surface area contributed by atoms with Gasteiger partial charge in [-0.25, -0.2) is 0 Å². The molecule has 2 unspecified atom stereocenters. The van der Waals surface area contributed by atoms with E-state index in [4.69, 9.17) is 0 Å². The number of ether oxygens (including phenoxy) is 1. The number of piperidine rings is 1. The number of aryl methyl sites for hydroxylation is 1. The molecule has 106 valence electrons. The number of hydrogen-bond donors (Lipinski definition) is 1. The summed E-state index contributed by atoms with van der Waals surface area (Å²) >= 11 is 0. The van der Waals surface area contributed by atoms with E-state index in [1.165, 1.54) is 24.8 Å². The van der Waals surface area contributed by atoms with E-state index in [2.05, 4.69) is 17.0 Å². The Hall–Kier alpha value is -1.16. The topological polar surface area (TPSA) is 21.3 Å². The molecule has 1 aromatic carbocycles. The van der Waals surface area contributed by atoms with Crippen LogP contribution < -0.4 is 10.1 Å². The van der Waals surface area contributed by atoms with Gasteiger partial charge in [-0.15, -0.1) is 0 Å². The van der Waals surface area contributed by atoms with Crippen LogP contribution in [0, 0.1) is 0 Å². The average Bonchev–Trinajstić information content (AvgIpc) is 2.37. The van der Waals surface area contributed by atoms with Crippen molar-refractivity contribution in [3.63, 3.8) is 0 Å². The first-order valence-corrected chi connectivity index (χ1v) is 6.93. The van der Waals surface area contributed by atoms with Crippen molar-refractivity contribution in [2.45, 2.75) is 57.7 Å². The number of rotatable bonds is 5. The van der Waals surface area contributed by atoms with Gasteiger partial charge in [0.1, 0.15) is 5.75 Å². The lowest BCUT2D eigenvalue weighted by Crippen LogP contribution is -2.40. The molecule has 1 aliphatic rings. The Morgan fingerprint density at radius 1 is 1.26 bits per heavy atom. The van der Waals surface area contributed by atoms with E-state index in [1.54, 1.807) is 12.1 Å². The highest BCUT2D eigenvalue weighted by atomic mass is 19.3. The summed E-state index contributed by atoms with van der Waals surface area (Å²) in [5, 5.41) is 3.60. The molecular weight excluding hydrogens is 248 g/mol. The molecule has 2 rings (SSSR count). The molecule has 1 aliphatic heterocycles. The fourth-order valence-electron chi connectivity index (χ4n) is 2.65. The van der Waals surface area contributed by atoms with Crippen molar-refractivity contribution in [2.75, 3.05) is 0 Å². The van der Waals surface area contributed by atoms with E-state index < -0.39 is 6.61 Å². The molecule has 19 heavy (non-hydrogen) atoms. The SMILES string of the molecule is CC1CCCC(CCc2ccc(OC(F)F)cc2)N1. The summed E-state index contributed by atoms with van der Waals surface area (Å²) in [7, 11) is 0. The summed E-state index contributed by atoms with van der Waals surface area (Å²) in [5.74, 6) is 0.225. The zero-order chi connectivity index (χ0) is 13.7. The number of nitrogens with one attached hydrogen (secondary N) is 1. The Morgan fingerprint density at radius 2 is 2.00 bits per heavy atom. The minimum absolute atomic E-state index is 0.225. The minimum atomic E-state index is -2.75. The summed E-state index contributed by atoms with van der Waals surface area (Å²) in [4.78, 5) is 0. The van der Waals surface area contributed by atoms with Crippen LogP contribution in [-0.2, 0) is 6.42 Å². The smallest absolute Gasteiger partial charge is 0.387 e. The number of hydrogen-bond acceptors (Lipinski definition) is 2. The van der Waals surface area contributed by atoms with Gasteiger partial charge in [-0.3, -0.25) is 0 Å². The van der Waals surface area contributed by atoms with Gasteiger partial charge in [0.2, 0.25) is 0 Å². The van der Waals surface area contributed by atoms with E-state index in [9.17, 15) is 8.78 Å². The fourth-order valence-corrected chi connectivity index (χ4v) is 2.65. The lowest BCUT2D eigenvalue weighted by Gasteiger charge is -2.28. The molecule has 1 fully saturated rings. The first-order valence-electron chi connectivity index (χ1n) is 6.93. The molecule has 0 aliphatic carbocycles. The van der Waals surface area contributed by atoms with Gasteiger partial charge >= 0.3 is 6.61 Å². The third-order valence-corrected chi connectivity index (χ3v) is 3.64.